The van der Waals surface area contributed by atoms with Crippen LogP contribution in [0.15, 0.2) is 12.4 Å². The Hall–Kier alpha value is -1.33. The number of methoxy groups -OCH3 is 1. The number of ether oxygens (including phenoxy) is 1. The quantitative estimate of drug-likeness (QED) is 0.755. The summed E-state index contributed by atoms with van der Waals surface area (Å²) in [5.41, 5.74) is 2.16. The third-order valence-electron chi connectivity index (χ3n) is 3.45. The maximum absolute atomic E-state index is 11.7. The summed E-state index contributed by atoms with van der Waals surface area (Å²) in [7, 11) is 1.65. The summed E-state index contributed by atoms with van der Waals surface area (Å²) < 4.78 is 6.79. The van der Waals surface area contributed by atoms with Crippen LogP contribution in [0.5, 0.6) is 0 Å². The lowest BCUT2D eigenvalue weighted by atomic mass is 9.93. The SMILES string of the molecule is COCCCNC(=O)Cn1cc2c(c1)C(O)CCC2. The van der Waals surface area contributed by atoms with Crippen LogP contribution in [0.4, 0.5) is 0 Å². The molecule has 1 amide bonds. The van der Waals surface area contributed by atoms with Gasteiger partial charge in [-0.3, -0.25) is 4.79 Å². The van der Waals surface area contributed by atoms with Crippen molar-refractivity contribution < 1.29 is 14.6 Å². The molecule has 2 rings (SSSR count). The van der Waals surface area contributed by atoms with E-state index in [1.165, 1.54) is 5.56 Å². The number of aryl methyl sites for hydroxylation is 1. The van der Waals surface area contributed by atoms with Gasteiger partial charge in [0.25, 0.3) is 0 Å². The van der Waals surface area contributed by atoms with Crippen molar-refractivity contribution in [1.29, 1.82) is 0 Å². The van der Waals surface area contributed by atoms with Crippen LogP contribution in [0.1, 0.15) is 36.5 Å². The first-order valence-corrected chi connectivity index (χ1v) is 6.83. The molecule has 0 aliphatic heterocycles. The van der Waals surface area contributed by atoms with E-state index in [0.29, 0.717) is 19.7 Å². The maximum atomic E-state index is 11.7. The van der Waals surface area contributed by atoms with Crippen LogP contribution in [0.2, 0.25) is 0 Å². The van der Waals surface area contributed by atoms with Crippen LogP contribution in [-0.2, 0) is 22.5 Å². The van der Waals surface area contributed by atoms with Gasteiger partial charge >= 0.3 is 0 Å². The minimum absolute atomic E-state index is 0.00191. The molecule has 5 heteroatoms. The molecule has 5 nitrogen and oxygen atoms in total. The van der Waals surface area contributed by atoms with Gasteiger partial charge in [-0.15, -0.1) is 0 Å². The molecule has 1 unspecified atom stereocenters. The number of aromatic nitrogens is 1. The fraction of sp³-hybridized carbons (Fsp3) is 0.643. The van der Waals surface area contributed by atoms with Crippen molar-refractivity contribution in [3.8, 4) is 0 Å². The van der Waals surface area contributed by atoms with E-state index in [4.69, 9.17) is 4.74 Å². The Morgan fingerprint density at radius 3 is 3.16 bits per heavy atom. The highest BCUT2D eigenvalue weighted by Gasteiger charge is 2.20. The Bertz CT molecular complexity index is 428. The molecule has 1 aromatic rings. The number of aliphatic hydroxyl groups is 1. The molecule has 19 heavy (non-hydrogen) atoms. The molecule has 0 saturated carbocycles. The number of fused-ring (bicyclic) bond motifs is 1. The molecule has 0 spiro atoms. The third kappa shape index (κ3) is 3.81. The number of carbonyl (C=O) groups excluding carboxylic acids is 1. The van der Waals surface area contributed by atoms with Crippen molar-refractivity contribution >= 4 is 5.91 Å². The predicted molar refractivity (Wildman–Crippen MR) is 71.8 cm³/mol. The smallest absolute Gasteiger partial charge is 0.239 e. The monoisotopic (exact) mass is 266 g/mol. The summed E-state index contributed by atoms with van der Waals surface area (Å²) in [4.78, 5) is 11.7. The first-order chi connectivity index (χ1) is 9.20. The molecule has 1 atom stereocenters. The van der Waals surface area contributed by atoms with E-state index in [1.54, 1.807) is 7.11 Å². The average Bonchev–Trinajstić information content (AvgIpc) is 2.79. The summed E-state index contributed by atoms with van der Waals surface area (Å²) in [6, 6.07) is 0. The summed E-state index contributed by atoms with van der Waals surface area (Å²) in [6.07, 6.45) is 7.16. The van der Waals surface area contributed by atoms with E-state index in [9.17, 15) is 9.90 Å². The molecule has 106 valence electrons. The van der Waals surface area contributed by atoms with Gasteiger partial charge in [0.05, 0.1) is 6.10 Å². The Labute approximate surface area is 113 Å². The van der Waals surface area contributed by atoms with Crippen LogP contribution in [0, 0.1) is 0 Å². The number of amides is 1. The summed E-state index contributed by atoms with van der Waals surface area (Å²) in [5.74, 6) is -0.00191. The fourth-order valence-electron chi connectivity index (χ4n) is 2.48. The zero-order chi connectivity index (χ0) is 13.7. The van der Waals surface area contributed by atoms with Gasteiger partial charge in [-0.25, -0.2) is 0 Å². The summed E-state index contributed by atoms with van der Waals surface area (Å²) in [6.45, 7) is 1.60. The molecule has 1 aliphatic carbocycles. The number of carbonyl (C=O) groups is 1. The second-order valence-electron chi connectivity index (χ2n) is 5.02. The minimum atomic E-state index is -0.366. The molecule has 0 radical (unpaired) electrons. The maximum Gasteiger partial charge on any atom is 0.239 e. The van der Waals surface area contributed by atoms with Crippen molar-refractivity contribution in [1.82, 2.24) is 9.88 Å². The topological polar surface area (TPSA) is 63.5 Å². The normalized spacial score (nSPS) is 18.1. The van der Waals surface area contributed by atoms with Crippen LogP contribution < -0.4 is 5.32 Å². The van der Waals surface area contributed by atoms with Gasteiger partial charge in [0, 0.05) is 38.2 Å². The molecule has 0 fully saturated rings. The minimum Gasteiger partial charge on any atom is -0.388 e. The summed E-state index contributed by atoms with van der Waals surface area (Å²) >= 11 is 0. The molecule has 0 bridgehead atoms. The zero-order valence-corrected chi connectivity index (χ0v) is 11.4. The first kappa shape index (κ1) is 14.1. The van der Waals surface area contributed by atoms with Gasteiger partial charge in [0.2, 0.25) is 5.91 Å². The van der Waals surface area contributed by atoms with Gasteiger partial charge in [0.15, 0.2) is 0 Å². The number of nitrogens with zero attached hydrogens (tertiary/aromatic N) is 1. The van der Waals surface area contributed by atoms with Crippen LogP contribution in [0.25, 0.3) is 0 Å². The molecule has 2 N–H and O–H groups in total. The summed E-state index contributed by atoms with van der Waals surface area (Å²) in [5, 5.41) is 12.7. The largest absolute Gasteiger partial charge is 0.388 e. The third-order valence-corrected chi connectivity index (χ3v) is 3.45. The van der Waals surface area contributed by atoms with Gasteiger partial charge < -0.3 is 19.7 Å². The van der Waals surface area contributed by atoms with Crippen molar-refractivity contribution in [2.75, 3.05) is 20.3 Å². The van der Waals surface area contributed by atoms with E-state index in [2.05, 4.69) is 5.32 Å². The second-order valence-corrected chi connectivity index (χ2v) is 5.02. The Morgan fingerprint density at radius 1 is 1.58 bits per heavy atom. The number of aliphatic hydroxyl groups excluding tert-OH is 1. The highest BCUT2D eigenvalue weighted by Crippen LogP contribution is 2.29. The highest BCUT2D eigenvalue weighted by molar-refractivity contribution is 5.75. The van der Waals surface area contributed by atoms with E-state index in [1.807, 2.05) is 17.0 Å². The van der Waals surface area contributed by atoms with E-state index in [0.717, 1.165) is 31.2 Å². The second kappa shape index (κ2) is 6.73. The molecule has 1 aromatic heterocycles. The molecule has 1 heterocycles. The Kier molecular flexibility index (Phi) is 4.99. The first-order valence-electron chi connectivity index (χ1n) is 6.83. The van der Waals surface area contributed by atoms with Gasteiger partial charge in [-0.2, -0.15) is 0 Å². The lowest BCUT2D eigenvalue weighted by Gasteiger charge is -2.16. The lowest BCUT2D eigenvalue weighted by molar-refractivity contribution is -0.121. The Morgan fingerprint density at radius 2 is 2.42 bits per heavy atom. The number of hydrogen-bond donors (Lipinski definition) is 2. The molecule has 0 saturated heterocycles. The number of nitrogens with one attached hydrogen (secondary N) is 1. The molecule has 1 aliphatic rings. The van der Waals surface area contributed by atoms with E-state index in [-0.39, 0.29) is 12.0 Å². The van der Waals surface area contributed by atoms with Crippen LogP contribution in [-0.4, -0.2) is 35.8 Å². The number of rotatable bonds is 6. The van der Waals surface area contributed by atoms with Crippen molar-refractivity contribution in [2.24, 2.45) is 0 Å². The van der Waals surface area contributed by atoms with Crippen molar-refractivity contribution in [3.05, 3.63) is 23.5 Å². The van der Waals surface area contributed by atoms with Crippen LogP contribution >= 0.6 is 0 Å². The van der Waals surface area contributed by atoms with Crippen molar-refractivity contribution in [2.45, 2.75) is 38.3 Å². The van der Waals surface area contributed by atoms with Gasteiger partial charge in [-0.1, -0.05) is 0 Å². The highest BCUT2D eigenvalue weighted by atomic mass is 16.5. The van der Waals surface area contributed by atoms with Gasteiger partial charge in [0.1, 0.15) is 6.54 Å². The fourth-order valence-corrected chi connectivity index (χ4v) is 2.48. The zero-order valence-electron chi connectivity index (χ0n) is 11.4. The average molecular weight is 266 g/mol. The molecule has 0 aromatic carbocycles. The number of hydrogen-bond acceptors (Lipinski definition) is 3. The van der Waals surface area contributed by atoms with Gasteiger partial charge in [-0.05, 0) is 31.2 Å². The molecular weight excluding hydrogens is 244 g/mol. The van der Waals surface area contributed by atoms with E-state index < -0.39 is 0 Å². The van der Waals surface area contributed by atoms with E-state index >= 15 is 0 Å². The Balaban J connectivity index is 1.84. The lowest BCUT2D eigenvalue weighted by Crippen LogP contribution is -2.28. The standard InChI is InChI=1S/C14H22N2O3/c1-19-7-3-6-15-14(18)10-16-8-11-4-2-5-13(17)12(11)9-16/h8-9,13,17H,2-7,10H2,1H3,(H,15,18). The van der Waals surface area contributed by atoms with Crippen molar-refractivity contribution in [3.63, 3.8) is 0 Å². The molecular formula is C14H22N2O3. The predicted octanol–water partition coefficient (Wildman–Crippen LogP) is 1.01. The van der Waals surface area contributed by atoms with Crippen LogP contribution in [0.3, 0.4) is 0 Å².